The van der Waals surface area contributed by atoms with Crippen molar-refractivity contribution in [3.63, 3.8) is 0 Å². The highest BCUT2D eigenvalue weighted by Gasteiger charge is 2.43. The molecule has 3 unspecified atom stereocenters. The molecule has 3 amide bonds. The van der Waals surface area contributed by atoms with Crippen molar-refractivity contribution in [1.29, 1.82) is 0 Å². The van der Waals surface area contributed by atoms with Gasteiger partial charge in [0.05, 0.1) is 22.6 Å². The highest BCUT2D eigenvalue weighted by atomic mass is 35.5. The molecule has 0 radical (unpaired) electrons. The topological polar surface area (TPSA) is 93.2 Å². The van der Waals surface area contributed by atoms with Gasteiger partial charge in [0.1, 0.15) is 12.6 Å². The summed E-state index contributed by atoms with van der Waals surface area (Å²) in [4.78, 5) is 43.4. The number of rotatable bonds is 6. The lowest BCUT2D eigenvalue weighted by Gasteiger charge is -2.46. The number of hydrogen-bond acceptors (Lipinski definition) is 5. The molecule has 0 aromatic heterocycles. The van der Waals surface area contributed by atoms with Crippen LogP contribution in [0.1, 0.15) is 44.6 Å². The summed E-state index contributed by atoms with van der Waals surface area (Å²) in [6.07, 6.45) is 3.69. The SMILES string of the molecule is C[C@H](O)C(=O)N1CCC(C2CCC3NCN(CC(=O)N(C)Cc4ccc(Cl)c(Cl)c4)C(=O)C3C2)CC1. The number of carbonyl (C=O) groups is 3. The van der Waals surface area contributed by atoms with Gasteiger partial charge in [-0.3, -0.25) is 19.7 Å². The van der Waals surface area contributed by atoms with Gasteiger partial charge in [0.2, 0.25) is 11.8 Å². The van der Waals surface area contributed by atoms with Crippen molar-refractivity contribution in [3.8, 4) is 0 Å². The molecule has 2 heterocycles. The fraction of sp³-hybridized carbons (Fsp3) is 0.654. The summed E-state index contributed by atoms with van der Waals surface area (Å²) < 4.78 is 0. The Kier molecular flexibility index (Phi) is 8.81. The van der Waals surface area contributed by atoms with Crippen LogP contribution in [0.2, 0.25) is 10.0 Å². The van der Waals surface area contributed by atoms with Crippen LogP contribution >= 0.6 is 23.2 Å². The molecule has 4 atom stereocenters. The number of likely N-dealkylation sites (tertiary alicyclic amines) is 1. The lowest BCUT2D eigenvalue weighted by Crippen LogP contribution is -2.60. The van der Waals surface area contributed by atoms with Crippen LogP contribution < -0.4 is 5.32 Å². The van der Waals surface area contributed by atoms with E-state index >= 15 is 0 Å². The standard InChI is InChI=1S/C26H36Cl2N4O4/c1-16(33)25(35)31-9-7-18(8-10-31)19-4-6-23-20(12-19)26(36)32(15-29-23)14-24(34)30(2)13-17-3-5-21(27)22(28)11-17/h3,5,11,16,18-20,23,29,33H,4,6-10,12-15H2,1-2H3/t16-,19?,20?,23?/m0/s1. The minimum Gasteiger partial charge on any atom is -0.384 e. The molecule has 10 heteroatoms. The van der Waals surface area contributed by atoms with Crippen LogP contribution in [0.5, 0.6) is 0 Å². The second-order valence-electron chi connectivity index (χ2n) is 10.5. The Bertz CT molecular complexity index is 983. The van der Waals surface area contributed by atoms with Gasteiger partial charge in [-0.1, -0.05) is 29.3 Å². The van der Waals surface area contributed by atoms with E-state index in [1.54, 1.807) is 33.9 Å². The second-order valence-corrected chi connectivity index (χ2v) is 11.3. The maximum absolute atomic E-state index is 13.4. The zero-order chi connectivity index (χ0) is 26.0. The Morgan fingerprint density at radius 1 is 1.14 bits per heavy atom. The van der Waals surface area contributed by atoms with E-state index in [4.69, 9.17) is 23.2 Å². The number of nitrogens with zero attached hydrogens (tertiary/aromatic N) is 3. The second kappa shape index (κ2) is 11.7. The number of aliphatic hydroxyl groups excluding tert-OH is 1. The normalized spacial score (nSPS) is 25.9. The number of nitrogens with one attached hydrogen (secondary N) is 1. The summed E-state index contributed by atoms with van der Waals surface area (Å²) in [7, 11) is 1.72. The fourth-order valence-electron chi connectivity index (χ4n) is 5.96. The summed E-state index contributed by atoms with van der Waals surface area (Å²) in [5.74, 6) is 0.523. The Labute approximate surface area is 222 Å². The number of piperidine rings is 1. The number of amides is 3. The highest BCUT2D eigenvalue weighted by Crippen LogP contribution is 2.40. The van der Waals surface area contributed by atoms with E-state index in [9.17, 15) is 19.5 Å². The molecule has 2 aliphatic heterocycles. The third kappa shape index (κ3) is 6.15. The average molecular weight is 540 g/mol. The molecule has 1 saturated carbocycles. The third-order valence-corrected chi connectivity index (χ3v) is 8.83. The van der Waals surface area contributed by atoms with Crippen molar-refractivity contribution in [3.05, 3.63) is 33.8 Å². The van der Waals surface area contributed by atoms with E-state index in [1.807, 2.05) is 6.07 Å². The molecule has 2 saturated heterocycles. The summed E-state index contributed by atoms with van der Waals surface area (Å²) >= 11 is 12.1. The number of hydrogen-bond donors (Lipinski definition) is 2. The van der Waals surface area contributed by atoms with Gasteiger partial charge in [-0.2, -0.15) is 0 Å². The first-order valence-electron chi connectivity index (χ1n) is 12.8. The lowest BCUT2D eigenvalue weighted by molar-refractivity contribution is -0.148. The number of halogens is 2. The third-order valence-electron chi connectivity index (χ3n) is 8.10. The van der Waals surface area contributed by atoms with E-state index in [2.05, 4.69) is 5.32 Å². The van der Waals surface area contributed by atoms with Crippen LogP contribution in [0.3, 0.4) is 0 Å². The highest BCUT2D eigenvalue weighted by molar-refractivity contribution is 6.42. The van der Waals surface area contributed by atoms with Crippen LogP contribution in [0.4, 0.5) is 0 Å². The maximum Gasteiger partial charge on any atom is 0.251 e. The molecule has 3 fully saturated rings. The molecule has 1 aromatic rings. The predicted molar refractivity (Wildman–Crippen MR) is 138 cm³/mol. The summed E-state index contributed by atoms with van der Waals surface area (Å²) in [5.41, 5.74) is 0.875. The first-order chi connectivity index (χ1) is 17.1. The van der Waals surface area contributed by atoms with Crippen molar-refractivity contribution in [1.82, 2.24) is 20.0 Å². The Morgan fingerprint density at radius 2 is 1.86 bits per heavy atom. The van der Waals surface area contributed by atoms with E-state index in [0.29, 0.717) is 48.2 Å². The molecule has 0 spiro atoms. The monoisotopic (exact) mass is 538 g/mol. The van der Waals surface area contributed by atoms with Gasteiger partial charge >= 0.3 is 0 Å². The molecule has 3 aliphatic rings. The van der Waals surface area contributed by atoms with Crippen LogP contribution in [-0.2, 0) is 20.9 Å². The van der Waals surface area contributed by atoms with Gasteiger partial charge in [-0.15, -0.1) is 0 Å². The van der Waals surface area contributed by atoms with Crippen molar-refractivity contribution in [2.24, 2.45) is 17.8 Å². The molecular formula is C26H36Cl2N4O4. The van der Waals surface area contributed by atoms with Crippen LogP contribution in [0.15, 0.2) is 18.2 Å². The average Bonchev–Trinajstić information content (AvgIpc) is 2.87. The molecule has 36 heavy (non-hydrogen) atoms. The lowest BCUT2D eigenvalue weighted by atomic mass is 9.69. The number of carbonyl (C=O) groups excluding carboxylic acids is 3. The first-order valence-corrected chi connectivity index (χ1v) is 13.6. The summed E-state index contributed by atoms with van der Waals surface area (Å²) in [6.45, 7) is 3.65. The molecule has 4 rings (SSSR count). The smallest absolute Gasteiger partial charge is 0.251 e. The zero-order valence-corrected chi connectivity index (χ0v) is 22.5. The summed E-state index contributed by atoms with van der Waals surface area (Å²) in [6, 6.07) is 5.46. The Morgan fingerprint density at radius 3 is 2.53 bits per heavy atom. The van der Waals surface area contributed by atoms with Crippen LogP contribution in [0, 0.1) is 17.8 Å². The van der Waals surface area contributed by atoms with Gasteiger partial charge in [0, 0.05) is 32.7 Å². The minimum absolute atomic E-state index is 0.0391. The molecular weight excluding hydrogens is 503 g/mol. The van der Waals surface area contributed by atoms with Crippen LogP contribution in [0.25, 0.3) is 0 Å². The molecule has 1 aromatic carbocycles. The maximum atomic E-state index is 13.4. The Balaban J connectivity index is 1.30. The zero-order valence-electron chi connectivity index (χ0n) is 21.0. The van der Waals surface area contributed by atoms with Crippen LogP contribution in [-0.4, -0.2) is 83.0 Å². The van der Waals surface area contributed by atoms with Gasteiger partial charge in [-0.25, -0.2) is 0 Å². The number of benzene rings is 1. The van der Waals surface area contributed by atoms with Crippen molar-refractivity contribution >= 4 is 40.9 Å². The van der Waals surface area contributed by atoms with Crippen molar-refractivity contribution in [2.45, 2.75) is 57.7 Å². The van der Waals surface area contributed by atoms with E-state index in [1.165, 1.54) is 6.92 Å². The molecule has 0 bridgehead atoms. The van der Waals surface area contributed by atoms with Gasteiger partial charge in [0.15, 0.2) is 0 Å². The largest absolute Gasteiger partial charge is 0.384 e. The predicted octanol–water partition coefficient (Wildman–Crippen LogP) is 2.75. The van der Waals surface area contributed by atoms with E-state index in [0.717, 1.165) is 37.7 Å². The quantitative estimate of drug-likeness (QED) is 0.580. The fourth-order valence-corrected chi connectivity index (χ4v) is 6.28. The molecule has 1 aliphatic carbocycles. The van der Waals surface area contributed by atoms with Crippen molar-refractivity contribution in [2.75, 3.05) is 33.4 Å². The van der Waals surface area contributed by atoms with E-state index in [-0.39, 0.29) is 36.2 Å². The van der Waals surface area contributed by atoms with Gasteiger partial charge in [0.25, 0.3) is 5.91 Å². The van der Waals surface area contributed by atoms with Gasteiger partial charge in [-0.05, 0) is 68.6 Å². The van der Waals surface area contributed by atoms with E-state index < -0.39 is 6.10 Å². The molecule has 198 valence electrons. The van der Waals surface area contributed by atoms with Gasteiger partial charge < -0.3 is 19.8 Å². The minimum atomic E-state index is -0.959. The molecule has 8 nitrogen and oxygen atoms in total. The molecule has 2 N–H and O–H groups in total. The number of aliphatic hydroxyl groups is 1. The first kappa shape index (κ1) is 27.2. The summed E-state index contributed by atoms with van der Waals surface area (Å²) in [5, 5.41) is 14.0. The Hall–Kier alpha value is -1.87. The number of likely N-dealkylation sites (N-methyl/N-ethyl adjacent to an activating group) is 1. The number of fused-ring (bicyclic) bond motifs is 1. The van der Waals surface area contributed by atoms with Crippen molar-refractivity contribution < 1.29 is 19.5 Å².